The average Bonchev–Trinajstić information content (AvgIpc) is 2.80. The Bertz CT molecular complexity index is 677. The minimum atomic E-state index is -0.516. The largest absolute Gasteiger partial charge is 0.443 e. The van der Waals surface area contributed by atoms with E-state index >= 15 is 0 Å². The zero-order chi connectivity index (χ0) is 18.0. The van der Waals surface area contributed by atoms with E-state index in [1.54, 1.807) is 12.1 Å². The van der Waals surface area contributed by atoms with Crippen molar-refractivity contribution in [2.75, 3.05) is 49.1 Å². The highest BCUT2D eigenvalue weighted by Crippen LogP contribution is 2.28. The van der Waals surface area contributed by atoms with Gasteiger partial charge < -0.3 is 21.1 Å². The van der Waals surface area contributed by atoms with Crippen molar-refractivity contribution in [3.8, 4) is 0 Å². The fourth-order valence-corrected chi connectivity index (χ4v) is 2.98. The maximum atomic E-state index is 14.6. The van der Waals surface area contributed by atoms with Crippen LogP contribution in [0.4, 0.5) is 20.6 Å². The Morgan fingerprint density at radius 3 is 2.80 bits per heavy atom. The van der Waals surface area contributed by atoms with Gasteiger partial charge in [-0.1, -0.05) is 0 Å². The van der Waals surface area contributed by atoms with Crippen molar-refractivity contribution in [1.82, 2.24) is 5.06 Å². The molecule has 0 saturated carbocycles. The zero-order valence-corrected chi connectivity index (χ0v) is 14.4. The molecule has 1 aromatic carbocycles. The molecule has 2 heterocycles. The van der Waals surface area contributed by atoms with Crippen LogP contribution in [0.15, 0.2) is 18.2 Å². The van der Waals surface area contributed by atoms with Gasteiger partial charge in [0.15, 0.2) is 5.11 Å². The summed E-state index contributed by atoms with van der Waals surface area (Å²) in [5.41, 5.74) is 11.9. The Labute approximate surface area is 150 Å². The van der Waals surface area contributed by atoms with Gasteiger partial charge in [0.25, 0.3) is 0 Å². The van der Waals surface area contributed by atoms with Crippen LogP contribution in [0.1, 0.15) is 0 Å². The van der Waals surface area contributed by atoms with Gasteiger partial charge in [-0.2, -0.15) is 0 Å². The lowest BCUT2D eigenvalue weighted by Crippen LogP contribution is -2.37. The van der Waals surface area contributed by atoms with Crippen LogP contribution in [0.2, 0.25) is 0 Å². The van der Waals surface area contributed by atoms with Crippen LogP contribution in [0.3, 0.4) is 0 Å². The van der Waals surface area contributed by atoms with E-state index in [2.05, 4.69) is 0 Å². The highest BCUT2D eigenvalue weighted by molar-refractivity contribution is 7.80. The van der Waals surface area contributed by atoms with Crippen molar-refractivity contribution in [1.29, 1.82) is 0 Å². The summed E-state index contributed by atoms with van der Waals surface area (Å²) < 4.78 is 19.7. The normalized spacial score (nSPS) is 21.3. The number of amides is 1. The van der Waals surface area contributed by atoms with Gasteiger partial charge in [0.1, 0.15) is 11.9 Å². The van der Waals surface area contributed by atoms with Crippen molar-refractivity contribution in [3.05, 3.63) is 24.0 Å². The molecule has 1 aromatic rings. The van der Waals surface area contributed by atoms with Crippen LogP contribution in [0.5, 0.6) is 0 Å². The Hall–Kier alpha value is -2.17. The summed E-state index contributed by atoms with van der Waals surface area (Å²) in [6.45, 7) is 2.33. The van der Waals surface area contributed by atoms with Gasteiger partial charge >= 0.3 is 6.09 Å². The van der Waals surface area contributed by atoms with Gasteiger partial charge in [0.2, 0.25) is 0 Å². The number of hydrogen-bond acceptors (Lipinski definition) is 6. The number of ether oxygens (including phenoxy) is 1. The van der Waals surface area contributed by atoms with E-state index in [0.29, 0.717) is 44.2 Å². The van der Waals surface area contributed by atoms with Crippen LogP contribution in [-0.4, -0.2) is 61.7 Å². The summed E-state index contributed by atoms with van der Waals surface area (Å²) >= 11 is 4.89. The maximum Gasteiger partial charge on any atom is 0.414 e. The molecule has 1 atom stereocenters. The first kappa shape index (κ1) is 17.6. The van der Waals surface area contributed by atoms with Gasteiger partial charge in [-0.25, -0.2) is 14.2 Å². The smallest absolute Gasteiger partial charge is 0.414 e. The molecule has 0 aromatic heterocycles. The Kier molecular flexibility index (Phi) is 5.21. The molecule has 3 rings (SSSR count). The lowest BCUT2D eigenvalue weighted by Gasteiger charge is -2.24. The van der Waals surface area contributed by atoms with Gasteiger partial charge in [-0.3, -0.25) is 9.74 Å². The van der Waals surface area contributed by atoms with E-state index < -0.39 is 11.9 Å². The van der Waals surface area contributed by atoms with Gasteiger partial charge in [-0.05, 0) is 30.4 Å². The minimum absolute atomic E-state index is 0.152. The summed E-state index contributed by atoms with van der Waals surface area (Å²) in [6, 6.07) is 4.66. The zero-order valence-electron chi connectivity index (χ0n) is 13.6. The number of rotatable bonds is 3. The number of anilines is 2. The number of nitrogens with two attached hydrogens (primary N) is 2. The summed E-state index contributed by atoms with van der Waals surface area (Å²) in [7, 11) is 0. The standard InChI is InChI=1S/C15H20FN5O3S/c16-12-7-10(20-9-11(8-17)24-15(20)22)1-2-13(12)19-3-4-21(14(18)25)23-6-5-19/h1-2,7,11H,3-6,8-9,17H2,(H2,18,25)/t11-/m0/s1. The second kappa shape index (κ2) is 7.38. The lowest BCUT2D eigenvalue weighted by atomic mass is 10.2. The molecule has 8 nitrogen and oxygen atoms in total. The highest BCUT2D eigenvalue weighted by atomic mass is 32.1. The molecule has 0 aliphatic carbocycles. The lowest BCUT2D eigenvalue weighted by molar-refractivity contribution is -0.0840. The molecule has 1 amide bonds. The topological polar surface area (TPSA) is 97.3 Å². The number of thiocarbonyl (C=S) groups is 1. The third kappa shape index (κ3) is 3.75. The third-order valence-electron chi connectivity index (χ3n) is 4.15. The molecule has 2 aliphatic heterocycles. The van der Waals surface area contributed by atoms with Crippen molar-refractivity contribution >= 4 is 34.8 Å². The SMILES string of the molecule is NC[C@H]1CN(c2ccc(N3CCON(C(N)=S)CC3)c(F)c2)C(=O)O1. The van der Waals surface area contributed by atoms with Crippen LogP contribution in [0, 0.1) is 5.82 Å². The molecule has 0 spiro atoms. The second-order valence-electron chi connectivity index (χ2n) is 5.75. The minimum Gasteiger partial charge on any atom is -0.443 e. The molecule has 0 unspecified atom stereocenters. The Morgan fingerprint density at radius 1 is 1.36 bits per heavy atom. The molecule has 25 heavy (non-hydrogen) atoms. The predicted octanol–water partition coefficient (Wildman–Crippen LogP) is 0.407. The van der Waals surface area contributed by atoms with Crippen LogP contribution in [0.25, 0.3) is 0 Å². The molecule has 2 aliphatic rings. The average molecular weight is 369 g/mol. The van der Waals surface area contributed by atoms with Gasteiger partial charge in [-0.15, -0.1) is 0 Å². The second-order valence-corrected chi connectivity index (χ2v) is 6.17. The van der Waals surface area contributed by atoms with Gasteiger partial charge in [0.05, 0.1) is 31.1 Å². The maximum absolute atomic E-state index is 14.6. The monoisotopic (exact) mass is 369 g/mol. The van der Waals surface area contributed by atoms with Crippen molar-refractivity contribution in [2.45, 2.75) is 6.10 Å². The summed E-state index contributed by atoms with van der Waals surface area (Å²) in [5, 5.41) is 1.58. The highest BCUT2D eigenvalue weighted by Gasteiger charge is 2.32. The number of nitrogens with zero attached hydrogens (tertiary/aromatic N) is 3. The van der Waals surface area contributed by atoms with Crippen molar-refractivity contribution in [3.63, 3.8) is 0 Å². The molecule has 2 saturated heterocycles. The number of carbonyl (C=O) groups is 1. The van der Waals surface area contributed by atoms with Gasteiger partial charge in [0, 0.05) is 19.6 Å². The third-order valence-corrected chi connectivity index (χ3v) is 4.35. The Morgan fingerprint density at radius 2 is 2.16 bits per heavy atom. The van der Waals surface area contributed by atoms with E-state index in [9.17, 15) is 9.18 Å². The Balaban J connectivity index is 1.74. The quantitative estimate of drug-likeness (QED) is 0.740. The molecule has 136 valence electrons. The van der Waals surface area contributed by atoms with Crippen molar-refractivity contribution in [2.24, 2.45) is 11.5 Å². The van der Waals surface area contributed by atoms with E-state index in [1.807, 2.05) is 4.90 Å². The van der Waals surface area contributed by atoms with Crippen LogP contribution >= 0.6 is 12.2 Å². The van der Waals surface area contributed by atoms with E-state index in [1.165, 1.54) is 16.0 Å². The number of carbonyl (C=O) groups excluding carboxylic acids is 1. The molecule has 10 heteroatoms. The van der Waals surface area contributed by atoms with Crippen molar-refractivity contribution < 1.29 is 18.8 Å². The number of benzene rings is 1. The van der Waals surface area contributed by atoms with E-state index in [0.717, 1.165) is 0 Å². The molecule has 4 N–H and O–H groups in total. The number of hydrogen-bond donors (Lipinski definition) is 2. The van der Waals surface area contributed by atoms with E-state index in [-0.39, 0.29) is 17.8 Å². The summed E-state index contributed by atoms with van der Waals surface area (Å²) in [4.78, 5) is 20.5. The van der Waals surface area contributed by atoms with Crippen LogP contribution in [-0.2, 0) is 9.57 Å². The molecular weight excluding hydrogens is 349 g/mol. The summed E-state index contributed by atoms with van der Waals surface area (Å²) in [6.07, 6.45) is -0.887. The molecule has 0 radical (unpaired) electrons. The van der Waals surface area contributed by atoms with Crippen LogP contribution < -0.4 is 21.3 Å². The molecule has 0 bridgehead atoms. The first-order valence-electron chi connectivity index (χ1n) is 7.92. The fraction of sp³-hybridized carbons (Fsp3) is 0.467. The number of halogens is 1. The first-order valence-corrected chi connectivity index (χ1v) is 8.33. The predicted molar refractivity (Wildman–Crippen MR) is 94.7 cm³/mol. The fourth-order valence-electron chi connectivity index (χ4n) is 2.84. The summed E-state index contributed by atoms with van der Waals surface area (Å²) in [5.74, 6) is -0.426. The van der Waals surface area contributed by atoms with E-state index in [4.69, 9.17) is 33.3 Å². The molecule has 2 fully saturated rings. The molecular formula is C15H20FN5O3S. The number of hydroxylamine groups is 2. The number of cyclic esters (lactones) is 1. The first-order chi connectivity index (χ1) is 12.0.